The average molecular weight is 311 g/mol. The van der Waals surface area contributed by atoms with Gasteiger partial charge in [-0.2, -0.15) is 0 Å². The molecule has 0 atom stereocenters. The maximum absolute atomic E-state index is 12.2. The Hall–Kier alpha value is -2.89. The molecule has 0 aliphatic rings. The fourth-order valence-electron chi connectivity index (χ4n) is 2.47. The number of hydrogen-bond donors (Lipinski definition) is 1. The molecule has 0 saturated heterocycles. The van der Waals surface area contributed by atoms with Crippen molar-refractivity contribution in [3.05, 3.63) is 64.0 Å². The molecule has 6 heteroatoms. The summed E-state index contributed by atoms with van der Waals surface area (Å²) in [4.78, 5) is 28.4. The molecule has 3 aromatic rings. The quantitative estimate of drug-likeness (QED) is 0.797. The number of rotatable bonds is 4. The lowest BCUT2D eigenvalue weighted by Crippen LogP contribution is -2.26. The van der Waals surface area contributed by atoms with Crippen LogP contribution in [0.25, 0.3) is 11.0 Å². The van der Waals surface area contributed by atoms with Gasteiger partial charge in [0.1, 0.15) is 11.5 Å². The van der Waals surface area contributed by atoms with Crippen molar-refractivity contribution in [2.75, 3.05) is 6.54 Å². The van der Waals surface area contributed by atoms with Crippen LogP contribution < -0.4 is 10.9 Å². The van der Waals surface area contributed by atoms with E-state index in [4.69, 9.17) is 4.42 Å². The number of benzene rings is 1. The maximum Gasteiger partial charge on any atom is 0.272 e. The molecule has 1 amide bonds. The number of aromatic nitrogens is 2. The van der Waals surface area contributed by atoms with Gasteiger partial charge < -0.3 is 14.3 Å². The van der Waals surface area contributed by atoms with E-state index in [-0.39, 0.29) is 11.5 Å². The summed E-state index contributed by atoms with van der Waals surface area (Å²) in [5, 5.41) is 2.85. The van der Waals surface area contributed by atoms with Gasteiger partial charge in [0.15, 0.2) is 0 Å². The fourth-order valence-corrected chi connectivity index (χ4v) is 2.47. The van der Waals surface area contributed by atoms with Crippen LogP contribution in [-0.4, -0.2) is 22.0 Å². The van der Waals surface area contributed by atoms with Gasteiger partial charge >= 0.3 is 0 Å². The number of aryl methyl sites for hydroxylation is 2. The van der Waals surface area contributed by atoms with Gasteiger partial charge in [0.2, 0.25) is 0 Å². The molecular weight excluding hydrogens is 294 g/mol. The first-order valence-electron chi connectivity index (χ1n) is 7.34. The highest BCUT2D eigenvalue weighted by molar-refractivity contribution is 5.97. The van der Waals surface area contributed by atoms with Crippen molar-refractivity contribution in [1.29, 1.82) is 0 Å². The third-order valence-corrected chi connectivity index (χ3v) is 3.74. The summed E-state index contributed by atoms with van der Waals surface area (Å²) >= 11 is 0. The van der Waals surface area contributed by atoms with Gasteiger partial charge in [0.05, 0.1) is 17.3 Å². The van der Waals surface area contributed by atoms with E-state index in [9.17, 15) is 9.59 Å². The summed E-state index contributed by atoms with van der Waals surface area (Å²) in [6, 6.07) is 8.82. The molecule has 2 heterocycles. The second-order valence-corrected chi connectivity index (χ2v) is 5.35. The Kier molecular flexibility index (Phi) is 3.97. The van der Waals surface area contributed by atoms with Crippen LogP contribution in [0.5, 0.6) is 0 Å². The zero-order chi connectivity index (χ0) is 16.4. The molecule has 6 nitrogen and oxygen atoms in total. The summed E-state index contributed by atoms with van der Waals surface area (Å²) in [6.45, 7) is 2.15. The first-order chi connectivity index (χ1) is 11.1. The van der Waals surface area contributed by atoms with Gasteiger partial charge in [0.25, 0.3) is 11.5 Å². The van der Waals surface area contributed by atoms with Crippen LogP contribution >= 0.6 is 0 Å². The predicted molar refractivity (Wildman–Crippen MR) is 86.5 cm³/mol. The van der Waals surface area contributed by atoms with Crippen LogP contribution in [0, 0.1) is 6.92 Å². The van der Waals surface area contributed by atoms with E-state index in [1.165, 1.54) is 4.57 Å². The van der Waals surface area contributed by atoms with Crippen molar-refractivity contribution >= 4 is 16.9 Å². The first kappa shape index (κ1) is 15.0. The van der Waals surface area contributed by atoms with Gasteiger partial charge in [-0.1, -0.05) is 0 Å². The minimum Gasteiger partial charge on any atom is -0.469 e. The molecule has 0 spiro atoms. The Morgan fingerprint density at radius 1 is 1.35 bits per heavy atom. The minimum atomic E-state index is -0.174. The van der Waals surface area contributed by atoms with Crippen LogP contribution in [-0.2, 0) is 13.5 Å². The molecule has 0 radical (unpaired) electrons. The second kappa shape index (κ2) is 6.08. The number of nitrogens with one attached hydrogen (secondary N) is 1. The van der Waals surface area contributed by atoms with Gasteiger partial charge in [-0.25, -0.2) is 4.98 Å². The second-order valence-electron chi connectivity index (χ2n) is 5.35. The lowest BCUT2D eigenvalue weighted by Gasteiger charge is -2.08. The number of amides is 1. The number of fused-ring (bicyclic) bond motifs is 1. The van der Waals surface area contributed by atoms with Crippen LogP contribution in [0.15, 0.2) is 45.8 Å². The molecule has 0 unspecified atom stereocenters. The molecule has 0 fully saturated rings. The maximum atomic E-state index is 12.2. The molecule has 1 aromatic carbocycles. The molecule has 0 bridgehead atoms. The van der Waals surface area contributed by atoms with E-state index in [1.54, 1.807) is 38.4 Å². The van der Waals surface area contributed by atoms with Gasteiger partial charge in [-0.15, -0.1) is 0 Å². The summed E-state index contributed by atoms with van der Waals surface area (Å²) in [7, 11) is 1.70. The lowest BCUT2D eigenvalue weighted by molar-refractivity contribution is 0.0954. The van der Waals surface area contributed by atoms with E-state index in [2.05, 4.69) is 10.3 Å². The smallest absolute Gasteiger partial charge is 0.272 e. The summed E-state index contributed by atoms with van der Waals surface area (Å²) in [5.41, 5.74) is 2.13. The number of carbonyl (C=O) groups excluding carboxylic acids is 1. The molecule has 1 N–H and O–H groups in total. The largest absolute Gasteiger partial charge is 0.469 e. The molecule has 23 heavy (non-hydrogen) atoms. The van der Waals surface area contributed by atoms with E-state index in [0.29, 0.717) is 35.3 Å². The molecule has 0 saturated carbocycles. The van der Waals surface area contributed by atoms with E-state index in [1.807, 2.05) is 12.1 Å². The van der Waals surface area contributed by atoms with Crippen molar-refractivity contribution in [1.82, 2.24) is 14.9 Å². The van der Waals surface area contributed by atoms with Crippen LogP contribution in [0.1, 0.15) is 21.8 Å². The molecule has 2 aromatic heterocycles. The van der Waals surface area contributed by atoms with E-state index < -0.39 is 0 Å². The Balaban J connectivity index is 1.78. The Morgan fingerprint density at radius 2 is 2.17 bits per heavy atom. The normalized spacial score (nSPS) is 10.9. The minimum absolute atomic E-state index is 0.131. The van der Waals surface area contributed by atoms with Crippen molar-refractivity contribution in [2.45, 2.75) is 13.3 Å². The van der Waals surface area contributed by atoms with Gasteiger partial charge in [-0.3, -0.25) is 9.59 Å². The third kappa shape index (κ3) is 3.01. The lowest BCUT2D eigenvalue weighted by atomic mass is 10.1. The van der Waals surface area contributed by atoms with Gasteiger partial charge in [0, 0.05) is 25.6 Å². The number of furan rings is 1. The van der Waals surface area contributed by atoms with Gasteiger partial charge in [-0.05, 0) is 37.3 Å². The van der Waals surface area contributed by atoms with E-state index >= 15 is 0 Å². The SMILES string of the molecule is Cc1nc2cc(C(=O)NCCc3ccco3)ccc2n(C)c1=O. The van der Waals surface area contributed by atoms with Crippen molar-refractivity contribution in [3.8, 4) is 0 Å². The fraction of sp³-hybridized carbons (Fsp3) is 0.235. The molecule has 118 valence electrons. The molecular formula is C17H17N3O3. The Bertz CT molecular complexity index is 911. The molecule has 0 aliphatic carbocycles. The standard InChI is InChI=1S/C17H17N3O3/c1-11-17(22)20(2)15-6-5-12(10-14(15)19-11)16(21)18-8-7-13-4-3-9-23-13/h3-6,9-10H,7-8H2,1-2H3,(H,18,21). The monoisotopic (exact) mass is 311 g/mol. The highest BCUT2D eigenvalue weighted by Crippen LogP contribution is 2.12. The molecule has 0 aliphatic heterocycles. The number of hydrogen-bond acceptors (Lipinski definition) is 4. The topological polar surface area (TPSA) is 77.1 Å². The first-order valence-corrected chi connectivity index (χ1v) is 7.34. The predicted octanol–water partition coefficient (Wildman–Crippen LogP) is 1.81. The average Bonchev–Trinajstić information content (AvgIpc) is 3.05. The van der Waals surface area contributed by atoms with Crippen molar-refractivity contribution < 1.29 is 9.21 Å². The highest BCUT2D eigenvalue weighted by Gasteiger charge is 2.10. The van der Waals surface area contributed by atoms with Crippen LogP contribution in [0.4, 0.5) is 0 Å². The Morgan fingerprint density at radius 3 is 2.91 bits per heavy atom. The zero-order valence-corrected chi connectivity index (χ0v) is 13.0. The highest BCUT2D eigenvalue weighted by atomic mass is 16.3. The van der Waals surface area contributed by atoms with Crippen molar-refractivity contribution in [2.24, 2.45) is 7.05 Å². The summed E-state index contributed by atoms with van der Waals surface area (Å²) in [5.74, 6) is 0.655. The molecule has 3 rings (SSSR count). The van der Waals surface area contributed by atoms with E-state index in [0.717, 1.165) is 5.76 Å². The Labute approximate surface area is 132 Å². The zero-order valence-electron chi connectivity index (χ0n) is 13.0. The summed E-state index contributed by atoms with van der Waals surface area (Å²) < 4.78 is 6.76. The number of nitrogens with zero attached hydrogens (tertiary/aromatic N) is 2. The van der Waals surface area contributed by atoms with Crippen molar-refractivity contribution in [3.63, 3.8) is 0 Å². The van der Waals surface area contributed by atoms with Crippen LogP contribution in [0.3, 0.4) is 0 Å². The number of carbonyl (C=O) groups is 1. The summed E-state index contributed by atoms with van der Waals surface area (Å²) in [6.07, 6.45) is 2.25. The third-order valence-electron chi connectivity index (χ3n) is 3.74. The van der Waals surface area contributed by atoms with Crippen LogP contribution in [0.2, 0.25) is 0 Å².